The summed E-state index contributed by atoms with van der Waals surface area (Å²) in [5.41, 5.74) is 7.42. The van der Waals surface area contributed by atoms with Crippen molar-refractivity contribution in [1.29, 1.82) is 0 Å². The number of carbonyl (C=O) groups is 1. The van der Waals surface area contributed by atoms with E-state index in [4.69, 9.17) is 28.9 Å². The van der Waals surface area contributed by atoms with Crippen LogP contribution in [-0.2, 0) is 17.8 Å². The SMILES string of the molecule is NCc1ccccc1CC(=O)Nc1ncnc(Cl)c1Cl. The first-order chi connectivity index (χ1) is 9.61. The summed E-state index contributed by atoms with van der Waals surface area (Å²) in [4.78, 5) is 19.6. The molecule has 0 saturated heterocycles. The molecule has 0 unspecified atom stereocenters. The van der Waals surface area contributed by atoms with E-state index >= 15 is 0 Å². The van der Waals surface area contributed by atoms with Gasteiger partial charge in [0.1, 0.15) is 11.3 Å². The smallest absolute Gasteiger partial charge is 0.230 e. The van der Waals surface area contributed by atoms with Crippen molar-refractivity contribution < 1.29 is 4.79 Å². The molecule has 0 fully saturated rings. The van der Waals surface area contributed by atoms with E-state index in [2.05, 4.69) is 15.3 Å². The maximum absolute atomic E-state index is 12.0. The van der Waals surface area contributed by atoms with Gasteiger partial charge in [-0.3, -0.25) is 4.79 Å². The van der Waals surface area contributed by atoms with Crippen LogP contribution in [-0.4, -0.2) is 15.9 Å². The van der Waals surface area contributed by atoms with Crippen molar-refractivity contribution in [1.82, 2.24) is 9.97 Å². The van der Waals surface area contributed by atoms with Gasteiger partial charge in [-0.1, -0.05) is 47.5 Å². The molecule has 1 amide bonds. The van der Waals surface area contributed by atoms with Crippen molar-refractivity contribution in [2.75, 3.05) is 5.32 Å². The van der Waals surface area contributed by atoms with Crippen LogP contribution in [0.5, 0.6) is 0 Å². The number of amides is 1. The molecule has 3 N–H and O–H groups in total. The molecule has 2 rings (SSSR count). The van der Waals surface area contributed by atoms with Crippen LogP contribution < -0.4 is 11.1 Å². The van der Waals surface area contributed by atoms with Gasteiger partial charge in [-0.05, 0) is 11.1 Å². The van der Waals surface area contributed by atoms with Crippen molar-refractivity contribution in [3.8, 4) is 0 Å². The second-order valence-corrected chi connectivity index (χ2v) is 4.76. The van der Waals surface area contributed by atoms with Crippen LogP contribution >= 0.6 is 23.2 Å². The van der Waals surface area contributed by atoms with E-state index in [1.54, 1.807) is 0 Å². The average Bonchev–Trinajstić information content (AvgIpc) is 2.44. The second-order valence-electron chi connectivity index (χ2n) is 4.02. The largest absolute Gasteiger partial charge is 0.326 e. The third kappa shape index (κ3) is 3.45. The number of anilines is 1. The van der Waals surface area contributed by atoms with Crippen molar-refractivity contribution in [2.45, 2.75) is 13.0 Å². The molecule has 0 radical (unpaired) electrons. The minimum atomic E-state index is -0.248. The number of nitrogens with zero attached hydrogens (tertiary/aromatic N) is 2. The Balaban J connectivity index is 2.11. The summed E-state index contributed by atoms with van der Waals surface area (Å²) in [6.07, 6.45) is 1.42. The van der Waals surface area contributed by atoms with Crippen LogP contribution in [0, 0.1) is 0 Å². The average molecular weight is 311 g/mol. The zero-order valence-electron chi connectivity index (χ0n) is 10.4. The maximum atomic E-state index is 12.0. The molecule has 0 atom stereocenters. The summed E-state index contributed by atoms with van der Waals surface area (Å²) in [5.74, 6) is -0.0514. The van der Waals surface area contributed by atoms with Crippen LogP contribution in [0.2, 0.25) is 10.2 Å². The van der Waals surface area contributed by atoms with Gasteiger partial charge >= 0.3 is 0 Å². The molecule has 104 valence electrons. The Labute approximate surface area is 126 Å². The molecular weight excluding hydrogens is 299 g/mol. The highest BCUT2D eigenvalue weighted by Gasteiger charge is 2.12. The van der Waals surface area contributed by atoms with Crippen molar-refractivity contribution >= 4 is 34.9 Å². The van der Waals surface area contributed by atoms with Gasteiger partial charge in [0, 0.05) is 6.54 Å². The Kier molecular flexibility index (Phi) is 4.89. The first kappa shape index (κ1) is 14.7. The highest BCUT2D eigenvalue weighted by molar-refractivity contribution is 6.42. The molecule has 1 aromatic carbocycles. The minimum Gasteiger partial charge on any atom is -0.326 e. The molecule has 0 aliphatic heterocycles. The third-order valence-electron chi connectivity index (χ3n) is 2.69. The quantitative estimate of drug-likeness (QED) is 0.850. The molecule has 0 aliphatic carbocycles. The zero-order chi connectivity index (χ0) is 14.5. The zero-order valence-corrected chi connectivity index (χ0v) is 11.9. The number of hydrogen-bond donors (Lipinski definition) is 2. The Bertz CT molecular complexity index is 634. The normalized spacial score (nSPS) is 10.3. The predicted molar refractivity (Wildman–Crippen MR) is 78.7 cm³/mol. The highest BCUT2D eigenvalue weighted by atomic mass is 35.5. The molecular formula is C13H12Cl2N4O. The molecule has 20 heavy (non-hydrogen) atoms. The number of carbonyl (C=O) groups excluding carboxylic acids is 1. The molecule has 0 bridgehead atoms. The molecule has 0 saturated carbocycles. The van der Waals surface area contributed by atoms with E-state index in [0.29, 0.717) is 6.54 Å². The summed E-state index contributed by atoms with van der Waals surface area (Å²) in [5, 5.41) is 2.82. The molecule has 0 aliphatic rings. The molecule has 1 aromatic heterocycles. The van der Waals surface area contributed by atoms with E-state index < -0.39 is 0 Å². The summed E-state index contributed by atoms with van der Waals surface area (Å²) >= 11 is 11.7. The van der Waals surface area contributed by atoms with Crippen molar-refractivity contribution in [2.24, 2.45) is 5.73 Å². The van der Waals surface area contributed by atoms with Gasteiger partial charge < -0.3 is 11.1 Å². The maximum Gasteiger partial charge on any atom is 0.230 e. The number of rotatable bonds is 4. The van der Waals surface area contributed by atoms with Crippen LogP contribution in [0.4, 0.5) is 5.82 Å². The van der Waals surface area contributed by atoms with Gasteiger partial charge in [0.15, 0.2) is 11.0 Å². The molecule has 0 spiro atoms. The van der Waals surface area contributed by atoms with E-state index in [1.165, 1.54) is 6.33 Å². The van der Waals surface area contributed by atoms with Gasteiger partial charge in [-0.25, -0.2) is 9.97 Å². The minimum absolute atomic E-state index is 0.0966. The lowest BCUT2D eigenvalue weighted by molar-refractivity contribution is -0.115. The first-order valence-corrected chi connectivity index (χ1v) is 6.60. The fraction of sp³-hybridized carbons (Fsp3) is 0.154. The standard InChI is InChI=1S/C13H12Cl2N4O/c14-11-12(15)17-7-18-13(11)19-10(20)5-8-3-1-2-4-9(8)6-16/h1-4,7H,5-6,16H2,(H,17,18,19,20). The number of halogens is 2. The van der Waals surface area contributed by atoms with Crippen molar-refractivity contribution in [3.63, 3.8) is 0 Å². The molecule has 2 aromatic rings. The Morgan fingerprint density at radius 2 is 1.90 bits per heavy atom. The van der Waals surface area contributed by atoms with Crippen LogP contribution in [0.25, 0.3) is 0 Å². The monoisotopic (exact) mass is 310 g/mol. The van der Waals surface area contributed by atoms with Crippen molar-refractivity contribution in [3.05, 3.63) is 51.9 Å². The van der Waals surface area contributed by atoms with E-state index in [0.717, 1.165) is 11.1 Å². The number of nitrogens with two attached hydrogens (primary N) is 1. The second kappa shape index (κ2) is 6.65. The van der Waals surface area contributed by atoms with Gasteiger partial charge in [0.2, 0.25) is 5.91 Å². The number of benzene rings is 1. The van der Waals surface area contributed by atoms with Crippen LogP contribution in [0.15, 0.2) is 30.6 Å². The number of hydrogen-bond acceptors (Lipinski definition) is 4. The number of aromatic nitrogens is 2. The Hall–Kier alpha value is -1.69. The van der Waals surface area contributed by atoms with Gasteiger partial charge in [-0.2, -0.15) is 0 Å². The molecule has 5 nitrogen and oxygen atoms in total. The third-order valence-corrected chi connectivity index (χ3v) is 3.44. The summed E-state index contributed by atoms with van der Waals surface area (Å²) < 4.78 is 0. The lowest BCUT2D eigenvalue weighted by atomic mass is 10.0. The van der Waals surface area contributed by atoms with E-state index in [1.807, 2.05) is 24.3 Å². The molecule has 7 heteroatoms. The fourth-order valence-electron chi connectivity index (χ4n) is 1.71. The van der Waals surface area contributed by atoms with Gasteiger partial charge in [-0.15, -0.1) is 0 Å². The summed E-state index contributed by atoms with van der Waals surface area (Å²) in [7, 11) is 0. The lowest BCUT2D eigenvalue weighted by Gasteiger charge is -2.09. The highest BCUT2D eigenvalue weighted by Crippen LogP contribution is 2.25. The first-order valence-electron chi connectivity index (χ1n) is 5.84. The van der Waals surface area contributed by atoms with Gasteiger partial charge in [0.25, 0.3) is 0 Å². The topological polar surface area (TPSA) is 80.9 Å². The van der Waals surface area contributed by atoms with E-state index in [9.17, 15) is 4.79 Å². The number of nitrogens with one attached hydrogen (secondary N) is 1. The summed E-state index contributed by atoms with van der Waals surface area (Å²) in [6, 6.07) is 7.48. The fourth-order valence-corrected chi connectivity index (χ4v) is 1.99. The predicted octanol–water partition coefficient (Wildman–Crippen LogP) is 2.42. The van der Waals surface area contributed by atoms with Crippen LogP contribution in [0.3, 0.4) is 0 Å². The summed E-state index contributed by atoms with van der Waals surface area (Å²) in [6.45, 7) is 0.379. The Morgan fingerprint density at radius 1 is 1.20 bits per heavy atom. The van der Waals surface area contributed by atoms with Gasteiger partial charge in [0.05, 0.1) is 6.42 Å². The lowest BCUT2D eigenvalue weighted by Crippen LogP contribution is -2.17. The van der Waals surface area contributed by atoms with Crippen LogP contribution in [0.1, 0.15) is 11.1 Å². The Morgan fingerprint density at radius 3 is 2.60 bits per heavy atom. The van der Waals surface area contributed by atoms with E-state index in [-0.39, 0.29) is 28.3 Å². The molecule has 1 heterocycles.